The van der Waals surface area contributed by atoms with E-state index in [-0.39, 0.29) is 5.91 Å². The van der Waals surface area contributed by atoms with E-state index in [1.165, 1.54) is 12.8 Å². The van der Waals surface area contributed by atoms with Crippen molar-refractivity contribution in [1.82, 2.24) is 10.1 Å². The number of piperidine rings is 1. The van der Waals surface area contributed by atoms with E-state index in [0.717, 1.165) is 32.6 Å². The van der Waals surface area contributed by atoms with Crippen LogP contribution in [0.5, 0.6) is 0 Å². The number of rotatable bonds is 6. The van der Waals surface area contributed by atoms with Crippen LogP contribution in [0, 0.1) is 12.8 Å². The molecule has 1 aliphatic heterocycles. The van der Waals surface area contributed by atoms with Crippen molar-refractivity contribution in [2.75, 3.05) is 31.5 Å². The van der Waals surface area contributed by atoms with Crippen LogP contribution >= 0.6 is 0 Å². The normalized spacial score (nSPS) is 20.0. The largest absolute Gasteiger partial charge is 0.360 e. The fraction of sp³-hybridized carbons (Fsp3) is 0.714. The zero-order valence-electron chi connectivity index (χ0n) is 12.1. The van der Waals surface area contributed by atoms with Crippen LogP contribution in [0.1, 0.15) is 31.4 Å². The van der Waals surface area contributed by atoms with Gasteiger partial charge >= 0.3 is 0 Å². The lowest BCUT2D eigenvalue weighted by atomic mass is 9.95. The van der Waals surface area contributed by atoms with Gasteiger partial charge in [0.25, 0.3) is 0 Å². The molecular weight excluding hydrogens is 256 g/mol. The van der Waals surface area contributed by atoms with Crippen molar-refractivity contribution in [1.29, 1.82) is 0 Å². The SMILES string of the molecule is Cc1cc(NC(=O)CCN2CCCC(CCN)C2)no1. The maximum Gasteiger partial charge on any atom is 0.226 e. The zero-order valence-corrected chi connectivity index (χ0v) is 12.1. The molecule has 0 spiro atoms. The molecule has 6 heteroatoms. The Bertz CT molecular complexity index is 431. The first kappa shape index (κ1) is 15.0. The summed E-state index contributed by atoms with van der Waals surface area (Å²) >= 11 is 0. The van der Waals surface area contributed by atoms with Crippen LogP contribution < -0.4 is 11.1 Å². The Labute approximate surface area is 119 Å². The number of nitrogens with zero attached hydrogens (tertiary/aromatic N) is 2. The molecule has 1 saturated heterocycles. The minimum Gasteiger partial charge on any atom is -0.360 e. The van der Waals surface area contributed by atoms with Gasteiger partial charge in [-0.2, -0.15) is 0 Å². The summed E-state index contributed by atoms with van der Waals surface area (Å²) in [5.74, 6) is 1.86. The minimum absolute atomic E-state index is 0.0146. The van der Waals surface area contributed by atoms with Gasteiger partial charge in [0.2, 0.25) is 5.91 Å². The van der Waals surface area contributed by atoms with E-state index in [1.54, 1.807) is 13.0 Å². The number of likely N-dealkylation sites (tertiary alicyclic amines) is 1. The predicted octanol–water partition coefficient (Wildman–Crippen LogP) is 1.37. The average molecular weight is 280 g/mol. The lowest BCUT2D eigenvalue weighted by Crippen LogP contribution is -2.37. The van der Waals surface area contributed by atoms with E-state index in [1.807, 2.05) is 0 Å². The highest BCUT2D eigenvalue weighted by atomic mass is 16.5. The van der Waals surface area contributed by atoms with Crippen LogP contribution in [0.4, 0.5) is 5.82 Å². The summed E-state index contributed by atoms with van der Waals surface area (Å²) < 4.78 is 4.91. The lowest BCUT2D eigenvalue weighted by Gasteiger charge is -2.32. The van der Waals surface area contributed by atoms with Gasteiger partial charge < -0.3 is 20.5 Å². The minimum atomic E-state index is -0.0146. The second-order valence-corrected chi connectivity index (χ2v) is 5.51. The number of carbonyl (C=O) groups is 1. The van der Waals surface area contributed by atoms with Gasteiger partial charge in [-0.3, -0.25) is 4.79 Å². The van der Waals surface area contributed by atoms with E-state index in [0.29, 0.717) is 23.9 Å². The fourth-order valence-electron chi connectivity index (χ4n) is 2.72. The van der Waals surface area contributed by atoms with E-state index in [2.05, 4.69) is 15.4 Å². The molecule has 1 aromatic rings. The third kappa shape index (κ3) is 4.61. The van der Waals surface area contributed by atoms with E-state index < -0.39 is 0 Å². The number of nitrogens with one attached hydrogen (secondary N) is 1. The van der Waals surface area contributed by atoms with Crippen molar-refractivity contribution in [2.24, 2.45) is 11.7 Å². The Kier molecular flexibility index (Phi) is 5.55. The van der Waals surface area contributed by atoms with Crippen molar-refractivity contribution >= 4 is 11.7 Å². The number of aromatic nitrogens is 1. The molecule has 0 aliphatic carbocycles. The highest BCUT2D eigenvalue weighted by Gasteiger charge is 2.19. The smallest absolute Gasteiger partial charge is 0.226 e. The predicted molar refractivity (Wildman–Crippen MR) is 77.3 cm³/mol. The lowest BCUT2D eigenvalue weighted by molar-refractivity contribution is -0.116. The second kappa shape index (κ2) is 7.40. The molecular formula is C14H24N4O2. The van der Waals surface area contributed by atoms with Crippen molar-refractivity contribution in [3.8, 4) is 0 Å². The summed E-state index contributed by atoms with van der Waals surface area (Å²) in [6.45, 7) is 5.49. The second-order valence-electron chi connectivity index (χ2n) is 5.51. The van der Waals surface area contributed by atoms with Crippen LogP contribution in [-0.4, -0.2) is 42.1 Å². The van der Waals surface area contributed by atoms with Gasteiger partial charge in [0.1, 0.15) is 5.76 Å². The number of aryl methyl sites for hydroxylation is 1. The van der Waals surface area contributed by atoms with E-state index in [9.17, 15) is 4.79 Å². The molecule has 0 bridgehead atoms. The molecule has 0 saturated carbocycles. The first-order chi connectivity index (χ1) is 9.67. The molecule has 1 atom stereocenters. The summed E-state index contributed by atoms with van der Waals surface area (Å²) in [7, 11) is 0. The maximum atomic E-state index is 11.8. The highest BCUT2D eigenvalue weighted by molar-refractivity contribution is 5.89. The molecule has 1 amide bonds. The summed E-state index contributed by atoms with van der Waals surface area (Å²) in [6.07, 6.45) is 4.04. The molecule has 6 nitrogen and oxygen atoms in total. The Hall–Kier alpha value is -1.40. The summed E-state index contributed by atoms with van der Waals surface area (Å²) in [6, 6.07) is 1.72. The van der Waals surface area contributed by atoms with Crippen LogP contribution in [-0.2, 0) is 4.79 Å². The monoisotopic (exact) mass is 280 g/mol. The van der Waals surface area contributed by atoms with Gasteiger partial charge in [-0.1, -0.05) is 5.16 Å². The number of amides is 1. The van der Waals surface area contributed by atoms with Crippen LogP contribution in [0.3, 0.4) is 0 Å². The Morgan fingerprint density at radius 3 is 3.20 bits per heavy atom. The van der Waals surface area contributed by atoms with Crippen molar-refractivity contribution in [3.05, 3.63) is 11.8 Å². The number of anilines is 1. The number of hydrogen-bond acceptors (Lipinski definition) is 5. The molecule has 2 heterocycles. The first-order valence-corrected chi connectivity index (χ1v) is 7.33. The molecule has 1 aliphatic rings. The quantitative estimate of drug-likeness (QED) is 0.822. The molecule has 3 N–H and O–H groups in total. The van der Waals surface area contributed by atoms with Crippen molar-refractivity contribution in [2.45, 2.75) is 32.6 Å². The topological polar surface area (TPSA) is 84.4 Å². The van der Waals surface area contributed by atoms with Gasteiger partial charge in [0.15, 0.2) is 5.82 Å². The molecule has 0 radical (unpaired) electrons. The number of nitrogens with two attached hydrogens (primary N) is 1. The van der Waals surface area contributed by atoms with E-state index in [4.69, 9.17) is 10.3 Å². The summed E-state index contributed by atoms with van der Waals surface area (Å²) in [5, 5.41) is 6.50. The van der Waals surface area contributed by atoms with Gasteiger partial charge in [-0.25, -0.2) is 0 Å². The van der Waals surface area contributed by atoms with Gasteiger partial charge in [-0.05, 0) is 45.2 Å². The summed E-state index contributed by atoms with van der Waals surface area (Å²) in [4.78, 5) is 14.2. The average Bonchev–Trinajstić information content (AvgIpc) is 2.83. The summed E-state index contributed by atoms with van der Waals surface area (Å²) in [5.41, 5.74) is 5.62. The third-order valence-electron chi connectivity index (χ3n) is 3.73. The number of hydrogen-bond donors (Lipinski definition) is 2. The maximum absolute atomic E-state index is 11.8. The van der Waals surface area contributed by atoms with Crippen molar-refractivity contribution < 1.29 is 9.32 Å². The Morgan fingerprint density at radius 1 is 1.65 bits per heavy atom. The van der Waals surface area contributed by atoms with Gasteiger partial charge in [-0.15, -0.1) is 0 Å². The molecule has 1 fully saturated rings. The fourth-order valence-corrected chi connectivity index (χ4v) is 2.72. The van der Waals surface area contributed by atoms with Crippen molar-refractivity contribution in [3.63, 3.8) is 0 Å². The molecule has 20 heavy (non-hydrogen) atoms. The van der Waals surface area contributed by atoms with Crippen LogP contribution in [0.15, 0.2) is 10.6 Å². The molecule has 2 rings (SSSR count). The first-order valence-electron chi connectivity index (χ1n) is 7.33. The molecule has 112 valence electrons. The van der Waals surface area contributed by atoms with Crippen LogP contribution in [0.2, 0.25) is 0 Å². The highest BCUT2D eigenvalue weighted by Crippen LogP contribution is 2.19. The molecule has 1 unspecified atom stereocenters. The zero-order chi connectivity index (χ0) is 14.4. The van der Waals surface area contributed by atoms with Crippen LogP contribution in [0.25, 0.3) is 0 Å². The Balaban J connectivity index is 1.70. The standard InChI is InChI=1S/C14H24N4O2/c1-11-9-13(17-20-11)16-14(19)5-8-18-7-2-3-12(10-18)4-6-15/h9,12H,2-8,10,15H2,1H3,(H,16,17,19). The molecule has 1 aromatic heterocycles. The van der Waals surface area contributed by atoms with Gasteiger partial charge in [0.05, 0.1) is 0 Å². The number of carbonyl (C=O) groups excluding carboxylic acids is 1. The van der Waals surface area contributed by atoms with Gasteiger partial charge in [0, 0.05) is 25.6 Å². The van der Waals surface area contributed by atoms with E-state index >= 15 is 0 Å². The third-order valence-corrected chi connectivity index (χ3v) is 3.73. The molecule has 0 aromatic carbocycles. The Morgan fingerprint density at radius 2 is 2.50 bits per heavy atom.